The minimum absolute atomic E-state index is 0.0339. The molecule has 2 aliphatic rings. The van der Waals surface area contributed by atoms with E-state index >= 15 is 0 Å². The fourth-order valence-electron chi connectivity index (χ4n) is 2.97. The normalized spacial score (nSPS) is 19.1. The number of hydrogen-bond donors (Lipinski definition) is 1. The highest BCUT2D eigenvalue weighted by molar-refractivity contribution is 6.55. The van der Waals surface area contributed by atoms with Gasteiger partial charge in [0, 0.05) is 25.2 Å². The Morgan fingerprint density at radius 1 is 0.920 bits per heavy atom. The van der Waals surface area contributed by atoms with Gasteiger partial charge in [-0.2, -0.15) is 0 Å². The molecule has 0 spiro atoms. The van der Waals surface area contributed by atoms with Crippen LogP contribution in [-0.4, -0.2) is 42.6 Å². The molecule has 1 aromatic carbocycles. The van der Waals surface area contributed by atoms with Gasteiger partial charge in [-0.1, -0.05) is 58.0 Å². The monoisotopic (exact) mass is 444 g/mol. The second-order valence-corrected chi connectivity index (χ2v) is 8.19. The third-order valence-electron chi connectivity index (χ3n) is 4.48. The molecular weight excluding hydrogens is 429 g/mol. The van der Waals surface area contributed by atoms with E-state index in [1.165, 1.54) is 12.8 Å². The summed E-state index contributed by atoms with van der Waals surface area (Å²) in [4.78, 5) is 14.6. The molecule has 0 atom stereocenters. The first kappa shape index (κ1) is 19.7. The molecule has 3 rings (SSSR count). The second kappa shape index (κ2) is 8.28. The maximum Gasteiger partial charge on any atom is 0.258 e. The SMILES string of the molecule is O=C(COc1c(Cl)c(Cl)c(Cl)c(Cl)c1Cl)NC1CCN(C2CC2)CC1. The predicted octanol–water partition coefficient (Wildman–Crippen LogP) is 5.08. The number of halogens is 5. The predicted molar refractivity (Wildman–Crippen MR) is 103 cm³/mol. The average Bonchev–Trinajstić information content (AvgIpc) is 3.44. The van der Waals surface area contributed by atoms with Crippen molar-refractivity contribution < 1.29 is 9.53 Å². The Bertz CT molecular complexity index is 644. The fraction of sp³-hybridized carbons (Fsp3) is 0.562. The van der Waals surface area contributed by atoms with Crippen molar-refractivity contribution in [3.63, 3.8) is 0 Å². The molecule has 1 amide bonds. The van der Waals surface area contributed by atoms with Crippen LogP contribution in [-0.2, 0) is 4.79 Å². The largest absolute Gasteiger partial charge is 0.481 e. The Balaban J connectivity index is 1.53. The zero-order chi connectivity index (χ0) is 18.1. The second-order valence-electron chi connectivity index (χ2n) is 6.30. The van der Waals surface area contributed by atoms with Crippen LogP contribution >= 0.6 is 58.0 Å². The minimum atomic E-state index is -0.237. The summed E-state index contributed by atoms with van der Waals surface area (Å²) in [6, 6.07) is 0.929. The molecule has 1 aliphatic heterocycles. The van der Waals surface area contributed by atoms with E-state index in [9.17, 15) is 4.79 Å². The van der Waals surface area contributed by atoms with Gasteiger partial charge in [0.25, 0.3) is 5.91 Å². The van der Waals surface area contributed by atoms with Crippen LogP contribution in [0, 0.1) is 0 Å². The maximum atomic E-state index is 12.1. The molecule has 9 heteroatoms. The Morgan fingerprint density at radius 2 is 1.44 bits per heavy atom. The lowest BCUT2D eigenvalue weighted by atomic mass is 10.0. The summed E-state index contributed by atoms with van der Waals surface area (Å²) >= 11 is 30.0. The minimum Gasteiger partial charge on any atom is -0.481 e. The number of likely N-dealkylation sites (tertiary alicyclic amines) is 1. The van der Waals surface area contributed by atoms with Gasteiger partial charge in [0.15, 0.2) is 12.4 Å². The van der Waals surface area contributed by atoms with E-state index in [2.05, 4.69) is 10.2 Å². The van der Waals surface area contributed by atoms with Gasteiger partial charge in [0.1, 0.15) is 10.0 Å². The molecule has 138 valence electrons. The summed E-state index contributed by atoms with van der Waals surface area (Å²) in [5.74, 6) is -0.180. The Labute approximate surface area is 171 Å². The molecule has 4 nitrogen and oxygen atoms in total. The molecule has 1 heterocycles. The number of nitrogens with one attached hydrogen (secondary N) is 1. The number of carbonyl (C=O) groups excluding carboxylic acids is 1. The Morgan fingerprint density at radius 3 is 1.96 bits per heavy atom. The third kappa shape index (κ3) is 4.60. The van der Waals surface area contributed by atoms with Gasteiger partial charge in [-0.3, -0.25) is 4.79 Å². The molecule has 1 aromatic rings. The molecule has 1 aliphatic carbocycles. The summed E-state index contributed by atoms with van der Waals surface area (Å²) in [6.45, 7) is 1.82. The lowest BCUT2D eigenvalue weighted by Gasteiger charge is -2.32. The number of amides is 1. The molecule has 1 N–H and O–H groups in total. The topological polar surface area (TPSA) is 41.6 Å². The Kier molecular flexibility index (Phi) is 6.51. The first-order valence-corrected chi connectivity index (χ1v) is 9.95. The van der Waals surface area contributed by atoms with Gasteiger partial charge in [0.05, 0.1) is 15.1 Å². The van der Waals surface area contributed by atoms with E-state index < -0.39 is 0 Å². The van der Waals surface area contributed by atoms with E-state index in [0.717, 1.165) is 32.0 Å². The Hall–Kier alpha value is -0.100. The molecule has 0 bridgehead atoms. The van der Waals surface area contributed by atoms with Crippen molar-refractivity contribution in [3.8, 4) is 5.75 Å². The van der Waals surface area contributed by atoms with Gasteiger partial charge in [-0.15, -0.1) is 0 Å². The van der Waals surface area contributed by atoms with Crippen LogP contribution in [0.1, 0.15) is 25.7 Å². The van der Waals surface area contributed by atoms with Gasteiger partial charge in [-0.05, 0) is 25.7 Å². The summed E-state index contributed by atoms with van der Waals surface area (Å²) in [7, 11) is 0. The van der Waals surface area contributed by atoms with Crippen molar-refractivity contribution in [2.24, 2.45) is 0 Å². The number of ether oxygens (including phenoxy) is 1. The van der Waals surface area contributed by atoms with Crippen molar-refractivity contribution in [2.75, 3.05) is 19.7 Å². The summed E-state index contributed by atoms with van der Waals surface area (Å²) in [5, 5.41) is 3.19. The number of rotatable bonds is 5. The van der Waals surface area contributed by atoms with E-state index in [-0.39, 0.29) is 49.4 Å². The van der Waals surface area contributed by atoms with E-state index in [0.29, 0.717) is 0 Å². The van der Waals surface area contributed by atoms with Crippen LogP contribution in [0.3, 0.4) is 0 Å². The lowest BCUT2D eigenvalue weighted by molar-refractivity contribution is -0.124. The van der Waals surface area contributed by atoms with Crippen LogP contribution in [0.15, 0.2) is 0 Å². The van der Waals surface area contributed by atoms with Crippen molar-refractivity contribution in [2.45, 2.75) is 37.8 Å². The van der Waals surface area contributed by atoms with Gasteiger partial charge >= 0.3 is 0 Å². The number of hydrogen-bond acceptors (Lipinski definition) is 3. The standard InChI is InChI=1S/C16H17Cl5N2O2/c17-11-12(18)14(20)16(15(21)13(11)19)25-7-10(24)22-8-3-5-23(6-4-8)9-1-2-9/h8-9H,1-7H2,(H,22,24). The van der Waals surface area contributed by atoms with Gasteiger partial charge in [-0.25, -0.2) is 0 Å². The number of piperidine rings is 1. The average molecular weight is 447 g/mol. The molecule has 0 unspecified atom stereocenters. The van der Waals surface area contributed by atoms with Gasteiger partial charge < -0.3 is 15.0 Å². The third-order valence-corrected chi connectivity index (χ3v) is 6.72. The molecule has 1 saturated heterocycles. The van der Waals surface area contributed by atoms with E-state index in [1.807, 2.05) is 0 Å². The van der Waals surface area contributed by atoms with Crippen molar-refractivity contribution >= 4 is 63.9 Å². The van der Waals surface area contributed by atoms with Crippen molar-refractivity contribution in [1.29, 1.82) is 0 Å². The van der Waals surface area contributed by atoms with Crippen LogP contribution in [0.5, 0.6) is 5.75 Å². The molecular formula is C16H17Cl5N2O2. The number of nitrogens with zero attached hydrogens (tertiary/aromatic N) is 1. The fourth-order valence-corrected chi connectivity index (χ4v) is 4.20. The molecule has 0 radical (unpaired) electrons. The first-order valence-electron chi connectivity index (χ1n) is 8.06. The van der Waals surface area contributed by atoms with Crippen molar-refractivity contribution in [1.82, 2.24) is 10.2 Å². The zero-order valence-corrected chi connectivity index (χ0v) is 17.0. The highest BCUT2D eigenvalue weighted by Gasteiger charge is 2.32. The smallest absolute Gasteiger partial charge is 0.258 e. The van der Waals surface area contributed by atoms with E-state index in [4.69, 9.17) is 62.7 Å². The summed E-state index contributed by atoms with van der Waals surface area (Å²) in [5.41, 5.74) is 0. The van der Waals surface area contributed by atoms with Crippen LogP contribution in [0.4, 0.5) is 0 Å². The summed E-state index contributed by atoms with van der Waals surface area (Å²) in [6.07, 6.45) is 4.50. The van der Waals surface area contributed by atoms with Crippen LogP contribution in [0.25, 0.3) is 0 Å². The molecule has 25 heavy (non-hydrogen) atoms. The van der Waals surface area contributed by atoms with Crippen LogP contribution < -0.4 is 10.1 Å². The lowest BCUT2D eigenvalue weighted by Crippen LogP contribution is -2.46. The molecule has 2 fully saturated rings. The molecule has 0 aromatic heterocycles. The van der Waals surface area contributed by atoms with Gasteiger partial charge in [0.2, 0.25) is 0 Å². The number of benzene rings is 1. The molecule has 1 saturated carbocycles. The quantitative estimate of drug-likeness (QED) is 0.507. The first-order chi connectivity index (χ1) is 11.9. The van der Waals surface area contributed by atoms with Crippen LogP contribution in [0.2, 0.25) is 25.1 Å². The number of carbonyl (C=O) groups is 1. The highest BCUT2D eigenvalue weighted by Crippen LogP contribution is 2.48. The summed E-state index contributed by atoms with van der Waals surface area (Å²) < 4.78 is 5.44. The highest BCUT2D eigenvalue weighted by atomic mass is 35.5. The maximum absolute atomic E-state index is 12.1. The van der Waals surface area contributed by atoms with E-state index in [1.54, 1.807) is 0 Å². The van der Waals surface area contributed by atoms with Crippen molar-refractivity contribution in [3.05, 3.63) is 25.1 Å². The zero-order valence-electron chi connectivity index (χ0n) is 13.3.